The fraction of sp³-hybridized carbons (Fsp3) is 0.688. The van der Waals surface area contributed by atoms with Crippen molar-refractivity contribution in [1.82, 2.24) is 15.8 Å². The number of amides is 2. The lowest BCUT2D eigenvalue weighted by Gasteiger charge is -2.25. The molecule has 0 unspecified atom stereocenters. The van der Waals surface area contributed by atoms with Crippen LogP contribution in [0.5, 0.6) is 0 Å². The number of nitrogens with one attached hydrogen (secondary N) is 2. The molecule has 0 saturated heterocycles. The van der Waals surface area contributed by atoms with Crippen LogP contribution in [-0.2, 0) is 4.79 Å². The van der Waals surface area contributed by atoms with E-state index in [2.05, 4.69) is 15.8 Å². The maximum absolute atomic E-state index is 12.1. The second-order valence-corrected chi connectivity index (χ2v) is 6.76. The van der Waals surface area contributed by atoms with Crippen LogP contribution in [0.25, 0.3) is 0 Å². The number of carbonyl (C=O) groups is 2. The van der Waals surface area contributed by atoms with Crippen molar-refractivity contribution in [3.8, 4) is 0 Å². The minimum atomic E-state index is -0.233. The number of hydrogen-bond acceptors (Lipinski definition) is 4. The molecule has 1 aromatic rings. The van der Waals surface area contributed by atoms with Gasteiger partial charge in [-0.3, -0.25) is 9.59 Å². The fourth-order valence-corrected chi connectivity index (χ4v) is 2.08. The van der Waals surface area contributed by atoms with E-state index in [9.17, 15) is 9.59 Å². The lowest BCUT2D eigenvalue weighted by molar-refractivity contribution is -0.121. The van der Waals surface area contributed by atoms with Crippen LogP contribution in [-0.4, -0.2) is 30.1 Å². The third-order valence-corrected chi connectivity index (χ3v) is 3.71. The maximum atomic E-state index is 12.1. The highest BCUT2D eigenvalue weighted by Crippen LogP contribution is 2.40. The summed E-state index contributed by atoms with van der Waals surface area (Å²) < 4.78 is 5.18. The van der Waals surface area contributed by atoms with Gasteiger partial charge >= 0.3 is 0 Å². The number of hydrogen-bond donors (Lipinski definition) is 2. The Labute approximate surface area is 131 Å². The molecule has 1 heterocycles. The van der Waals surface area contributed by atoms with E-state index in [0.29, 0.717) is 31.1 Å². The quantitative estimate of drug-likeness (QED) is 0.771. The number of carbonyl (C=O) groups excluding carboxylic acids is 2. The van der Waals surface area contributed by atoms with E-state index in [1.165, 1.54) is 0 Å². The molecule has 6 heteroatoms. The summed E-state index contributed by atoms with van der Waals surface area (Å²) in [5, 5.41) is 9.56. The van der Waals surface area contributed by atoms with Crippen molar-refractivity contribution in [1.29, 1.82) is 0 Å². The van der Waals surface area contributed by atoms with Gasteiger partial charge in [0.05, 0.1) is 0 Å². The molecule has 1 aromatic heterocycles. The van der Waals surface area contributed by atoms with E-state index in [1.807, 2.05) is 20.8 Å². The average molecular weight is 307 g/mol. The van der Waals surface area contributed by atoms with E-state index in [1.54, 1.807) is 6.07 Å². The molecule has 6 nitrogen and oxygen atoms in total. The first-order chi connectivity index (χ1) is 10.4. The largest absolute Gasteiger partial charge is 0.360 e. The summed E-state index contributed by atoms with van der Waals surface area (Å²) in [6.07, 6.45) is 3.59. The highest BCUT2D eigenvalue weighted by molar-refractivity contribution is 5.92. The smallest absolute Gasteiger partial charge is 0.273 e. The van der Waals surface area contributed by atoms with Crippen LogP contribution >= 0.6 is 0 Å². The van der Waals surface area contributed by atoms with E-state index in [-0.39, 0.29) is 17.2 Å². The van der Waals surface area contributed by atoms with Gasteiger partial charge < -0.3 is 15.2 Å². The molecule has 2 rings (SSSR count). The molecule has 0 spiro atoms. The summed E-state index contributed by atoms with van der Waals surface area (Å²) in [6.45, 7) is 6.96. The number of rotatable bonds is 8. The minimum absolute atomic E-state index is 0.0486. The molecular weight excluding hydrogens is 282 g/mol. The van der Waals surface area contributed by atoms with Crippen molar-refractivity contribution in [2.24, 2.45) is 5.41 Å². The molecule has 0 radical (unpaired) electrons. The molecule has 2 amide bonds. The third-order valence-electron chi connectivity index (χ3n) is 3.71. The van der Waals surface area contributed by atoms with Crippen LogP contribution in [0.2, 0.25) is 0 Å². The summed E-state index contributed by atoms with van der Waals surface area (Å²) in [5.74, 6) is 1.06. The average Bonchev–Trinajstić information content (AvgIpc) is 3.21. The van der Waals surface area contributed by atoms with Crippen molar-refractivity contribution >= 4 is 11.8 Å². The van der Waals surface area contributed by atoms with E-state index < -0.39 is 0 Å². The molecule has 0 bridgehead atoms. The Balaban J connectivity index is 1.77. The van der Waals surface area contributed by atoms with Crippen molar-refractivity contribution in [2.75, 3.05) is 13.1 Å². The van der Waals surface area contributed by atoms with Gasteiger partial charge in [-0.2, -0.15) is 0 Å². The molecule has 1 aliphatic carbocycles. The SMILES string of the molecule is CCCC(=O)NCC(C)(C)CNC(=O)c1cc(C2CC2)on1. The van der Waals surface area contributed by atoms with E-state index >= 15 is 0 Å². The molecule has 0 aromatic carbocycles. The summed E-state index contributed by atoms with van der Waals surface area (Å²) in [7, 11) is 0. The van der Waals surface area contributed by atoms with Gasteiger partial charge in [-0.25, -0.2) is 0 Å². The summed E-state index contributed by atoms with van der Waals surface area (Å²) in [5.41, 5.74) is 0.106. The molecule has 0 aliphatic heterocycles. The van der Waals surface area contributed by atoms with Crippen LogP contribution in [0.15, 0.2) is 10.6 Å². The second-order valence-electron chi connectivity index (χ2n) is 6.76. The van der Waals surface area contributed by atoms with Gasteiger partial charge in [0.25, 0.3) is 5.91 Å². The first-order valence-electron chi connectivity index (χ1n) is 7.93. The first-order valence-corrected chi connectivity index (χ1v) is 7.93. The number of nitrogens with zero attached hydrogens (tertiary/aromatic N) is 1. The Bertz CT molecular complexity index is 532. The Morgan fingerprint density at radius 3 is 2.64 bits per heavy atom. The van der Waals surface area contributed by atoms with Gasteiger partial charge in [0.1, 0.15) is 5.76 Å². The fourth-order valence-electron chi connectivity index (χ4n) is 2.08. The predicted molar refractivity (Wildman–Crippen MR) is 82.5 cm³/mol. The van der Waals surface area contributed by atoms with Crippen molar-refractivity contribution < 1.29 is 14.1 Å². The molecule has 1 fully saturated rings. The topological polar surface area (TPSA) is 84.2 Å². The van der Waals surface area contributed by atoms with Gasteiger partial charge in [-0.15, -0.1) is 0 Å². The highest BCUT2D eigenvalue weighted by Gasteiger charge is 2.29. The number of aromatic nitrogens is 1. The second kappa shape index (κ2) is 6.94. The maximum Gasteiger partial charge on any atom is 0.273 e. The van der Waals surface area contributed by atoms with Crippen LogP contribution in [0.4, 0.5) is 0 Å². The molecule has 1 aliphatic rings. The Morgan fingerprint density at radius 1 is 1.32 bits per heavy atom. The molecular formula is C16H25N3O3. The predicted octanol–water partition coefficient (Wildman–Crippen LogP) is 2.22. The Kier molecular flexibility index (Phi) is 5.21. The summed E-state index contributed by atoms with van der Waals surface area (Å²) in [6, 6.07) is 1.73. The molecule has 0 atom stereocenters. The van der Waals surface area contributed by atoms with Gasteiger partial charge in [-0.1, -0.05) is 25.9 Å². The van der Waals surface area contributed by atoms with Crippen molar-refractivity contribution in [3.05, 3.63) is 17.5 Å². The summed E-state index contributed by atoms with van der Waals surface area (Å²) >= 11 is 0. The van der Waals surface area contributed by atoms with Gasteiger partial charge in [0.15, 0.2) is 5.69 Å². The highest BCUT2D eigenvalue weighted by atomic mass is 16.5. The molecule has 2 N–H and O–H groups in total. The molecule has 22 heavy (non-hydrogen) atoms. The lowest BCUT2D eigenvalue weighted by Crippen LogP contribution is -2.42. The molecule has 122 valence electrons. The Hall–Kier alpha value is -1.85. The van der Waals surface area contributed by atoms with Gasteiger partial charge in [0.2, 0.25) is 5.91 Å². The zero-order valence-electron chi connectivity index (χ0n) is 13.6. The third kappa shape index (κ3) is 4.86. The van der Waals surface area contributed by atoms with Crippen LogP contribution in [0.3, 0.4) is 0 Å². The normalized spacial score (nSPS) is 14.7. The van der Waals surface area contributed by atoms with Crippen LogP contribution in [0.1, 0.15) is 68.6 Å². The van der Waals surface area contributed by atoms with Gasteiger partial charge in [-0.05, 0) is 24.7 Å². The van der Waals surface area contributed by atoms with Crippen LogP contribution < -0.4 is 10.6 Å². The first kappa shape index (κ1) is 16.5. The van der Waals surface area contributed by atoms with Crippen LogP contribution in [0, 0.1) is 5.41 Å². The van der Waals surface area contributed by atoms with Crippen molar-refractivity contribution in [3.63, 3.8) is 0 Å². The standard InChI is InChI=1S/C16H25N3O3/c1-4-5-14(20)17-9-16(2,3)10-18-15(21)12-8-13(22-19-12)11-6-7-11/h8,11H,4-7,9-10H2,1-3H3,(H,17,20)(H,18,21). The zero-order chi connectivity index (χ0) is 16.2. The van der Waals surface area contributed by atoms with E-state index in [4.69, 9.17) is 4.52 Å². The van der Waals surface area contributed by atoms with Crippen molar-refractivity contribution in [2.45, 2.75) is 52.4 Å². The molecule has 1 saturated carbocycles. The Morgan fingerprint density at radius 2 is 2.00 bits per heavy atom. The van der Waals surface area contributed by atoms with Gasteiger partial charge in [0, 0.05) is 31.5 Å². The monoisotopic (exact) mass is 307 g/mol. The van der Waals surface area contributed by atoms with E-state index in [0.717, 1.165) is 25.0 Å². The lowest BCUT2D eigenvalue weighted by atomic mass is 9.93. The minimum Gasteiger partial charge on any atom is -0.360 e. The zero-order valence-corrected chi connectivity index (χ0v) is 13.6. The summed E-state index contributed by atoms with van der Waals surface area (Å²) in [4.78, 5) is 23.6.